The quantitative estimate of drug-likeness (QED) is 0.408. The maximum Gasteiger partial charge on any atom is 0.268 e. The van der Waals surface area contributed by atoms with Crippen LogP contribution < -0.4 is 10.2 Å². The summed E-state index contributed by atoms with van der Waals surface area (Å²) in [5.41, 5.74) is 5.75. The maximum atomic E-state index is 15.3. The van der Waals surface area contributed by atoms with Crippen LogP contribution in [-0.2, 0) is 30.7 Å². The van der Waals surface area contributed by atoms with Gasteiger partial charge in [-0.15, -0.1) is 11.3 Å². The number of pyridine rings is 1. The number of anilines is 2. The molecule has 10 heteroatoms. The maximum absolute atomic E-state index is 15.3. The Morgan fingerprint density at radius 2 is 1.91 bits per heavy atom. The van der Waals surface area contributed by atoms with E-state index in [2.05, 4.69) is 28.3 Å². The van der Waals surface area contributed by atoms with Crippen molar-refractivity contribution in [3.8, 4) is 0 Å². The Hall–Kier alpha value is -3.60. The van der Waals surface area contributed by atoms with Gasteiger partial charge in [-0.2, -0.15) is 0 Å². The molecule has 0 radical (unpaired) electrons. The lowest BCUT2D eigenvalue weighted by Crippen LogP contribution is -2.44. The van der Waals surface area contributed by atoms with Crippen molar-refractivity contribution in [3.63, 3.8) is 0 Å². The van der Waals surface area contributed by atoms with Crippen LogP contribution in [-0.4, -0.2) is 71.5 Å². The number of carbonyl (C=O) groups is 2. The molecule has 5 heterocycles. The van der Waals surface area contributed by atoms with E-state index in [0.717, 1.165) is 67.5 Å². The van der Waals surface area contributed by atoms with E-state index in [1.54, 1.807) is 34.3 Å². The van der Waals surface area contributed by atoms with Crippen molar-refractivity contribution < 1.29 is 19.1 Å². The zero-order valence-electron chi connectivity index (χ0n) is 25.2. The number of nitrogens with zero attached hydrogens (tertiary/aromatic N) is 4. The third-order valence-corrected chi connectivity index (χ3v) is 11.0. The average molecular weight is 616 g/mol. The summed E-state index contributed by atoms with van der Waals surface area (Å²) in [5, 5.41) is 13.9. The number of fused-ring (bicyclic) bond motifs is 3. The van der Waals surface area contributed by atoms with Gasteiger partial charge in [0.05, 0.1) is 17.2 Å². The number of hydrogen-bond donors (Lipinski definition) is 2. The fraction of sp³-hybridized carbons (Fsp3) is 0.441. The van der Waals surface area contributed by atoms with Crippen LogP contribution in [0.3, 0.4) is 0 Å². The van der Waals surface area contributed by atoms with Crippen LogP contribution in [0.25, 0.3) is 5.57 Å². The van der Waals surface area contributed by atoms with Crippen molar-refractivity contribution in [2.75, 3.05) is 43.9 Å². The summed E-state index contributed by atoms with van der Waals surface area (Å²) in [7, 11) is 3.84. The zero-order chi connectivity index (χ0) is 30.5. The van der Waals surface area contributed by atoms with E-state index in [1.165, 1.54) is 22.6 Å². The fourth-order valence-electron chi connectivity index (χ4n) is 7.41. The van der Waals surface area contributed by atoms with Crippen molar-refractivity contribution in [1.29, 1.82) is 0 Å². The number of rotatable bonds is 6. The van der Waals surface area contributed by atoms with Gasteiger partial charge in [-0.3, -0.25) is 14.5 Å². The molecule has 1 aromatic carbocycles. The van der Waals surface area contributed by atoms with Crippen molar-refractivity contribution in [1.82, 2.24) is 14.8 Å². The summed E-state index contributed by atoms with van der Waals surface area (Å²) in [6.07, 6.45) is 11.0. The van der Waals surface area contributed by atoms with Gasteiger partial charge in [0.15, 0.2) is 0 Å². The molecule has 1 aliphatic carbocycles. The van der Waals surface area contributed by atoms with E-state index in [-0.39, 0.29) is 25.0 Å². The number of likely N-dealkylation sites (tertiary alicyclic amines) is 1. The van der Waals surface area contributed by atoms with Crippen molar-refractivity contribution in [2.45, 2.75) is 63.6 Å². The molecule has 3 aromatic rings. The minimum absolute atomic E-state index is 0.125. The predicted molar refractivity (Wildman–Crippen MR) is 171 cm³/mol. The Bertz CT molecular complexity index is 1650. The van der Waals surface area contributed by atoms with Crippen LogP contribution in [0.2, 0.25) is 0 Å². The Balaban J connectivity index is 1.19. The van der Waals surface area contributed by atoms with E-state index in [4.69, 9.17) is 0 Å². The molecule has 8 nitrogen and oxygen atoms in total. The molecule has 3 aliphatic heterocycles. The number of aliphatic hydroxyl groups is 1. The summed E-state index contributed by atoms with van der Waals surface area (Å²) in [5.74, 6) is -0.165. The molecule has 2 aromatic heterocycles. The van der Waals surface area contributed by atoms with Crippen LogP contribution in [0.4, 0.5) is 15.9 Å². The number of aromatic nitrogens is 1. The number of nitrogens with one attached hydrogen (secondary N) is 1. The predicted octanol–water partition coefficient (Wildman–Crippen LogP) is 4.96. The van der Waals surface area contributed by atoms with Gasteiger partial charge in [0.2, 0.25) is 5.91 Å². The lowest BCUT2D eigenvalue weighted by atomic mass is 9.90. The standard InChI is InChI=1S/C34H38FN5O3S/c1-38-12-5-7-28(38)20-9-10-31(36-17-20)37-27-14-21(18-39(2)33(27)42)25-15-22(35)16-29(26(25)19-41)40-13-11-24-23-6-3-4-8-30(23)44-32(24)34(40)43/h9-10,14-17,27-28,41H,3-8,11-13,18-19H2,1-2H3,(H,36,37)/t27?,28-/m1/s1. The largest absolute Gasteiger partial charge is 0.392 e. The van der Waals surface area contributed by atoms with Gasteiger partial charge in [-0.05, 0) is 111 Å². The second-order valence-corrected chi connectivity index (χ2v) is 13.6. The number of aryl methyl sites for hydroxylation is 1. The molecule has 0 bridgehead atoms. The van der Waals surface area contributed by atoms with Crippen LogP contribution in [0.15, 0.2) is 36.5 Å². The molecule has 1 unspecified atom stereocenters. The van der Waals surface area contributed by atoms with Crippen LogP contribution >= 0.6 is 11.3 Å². The lowest BCUT2D eigenvalue weighted by Gasteiger charge is -2.33. The number of thiophene rings is 1. The van der Waals surface area contributed by atoms with Crippen LogP contribution in [0.1, 0.15) is 74.1 Å². The highest BCUT2D eigenvalue weighted by Crippen LogP contribution is 2.40. The van der Waals surface area contributed by atoms with Gasteiger partial charge < -0.3 is 20.2 Å². The second-order valence-electron chi connectivity index (χ2n) is 12.5. The van der Waals surface area contributed by atoms with Crippen molar-refractivity contribution in [2.24, 2.45) is 0 Å². The van der Waals surface area contributed by atoms with Gasteiger partial charge in [-0.1, -0.05) is 6.07 Å². The SMILES string of the molecule is CN1CC(c2cc(F)cc(N3CCc4c(sc5c4CCCC5)C3=O)c2CO)=CC(Nc2ccc([C@H]3CCCN3C)cn2)C1=O. The fourth-order valence-corrected chi connectivity index (χ4v) is 8.80. The smallest absolute Gasteiger partial charge is 0.268 e. The van der Waals surface area contributed by atoms with E-state index in [0.29, 0.717) is 40.8 Å². The van der Waals surface area contributed by atoms with Crippen molar-refractivity contribution >= 4 is 40.2 Å². The zero-order valence-corrected chi connectivity index (χ0v) is 26.1. The van der Waals surface area contributed by atoms with Gasteiger partial charge in [0.25, 0.3) is 5.91 Å². The molecular formula is C34H38FN5O3S. The first-order valence-corrected chi connectivity index (χ1v) is 16.4. The Kier molecular flexibility index (Phi) is 7.76. The normalized spacial score (nSPS) is 22.2. The monoisotopic (exact) mass is 615 g/mol. The molecule has 1 fully saturated rings. The number of aliphatic hydroxyl groups excluding tert-OH is 1. The van der Waals surface area contributed by atoms with E-state index in [9.17, 15) is 14.7 Å². The molecule has 0 spiro atoms. The van der Waals surface area contributed by atoms with E-state index < -0.39 is 11.9 Å². The van der Waals surface area contributed by atoms with E-state index in [1.807, 2.05) is 12.3 Å². The number of likely N-dealkylation sites (N-methyl/N-ethyl adjacent to an activating group) is 1. The number of hydrogen-bond acceptors (Lipinski definition) is 7. The highest BCUT2D eigenvalue weighted by atomic mass is 32.1. The number of benzene rings is 1. The number of carbonyl (C=O) groups excluding carboxylic acids is 2. The Labute approximate surface area is 261 Å². The molecule has 0 saturated carbocycles. The number of amides is 2. The molecular weight excluding hydrogens is 577 g/mol. The minimum atomic E-state index is -0.717. The Morgan fingerprint density at radius 3 is 2.66 bits per heavy atom. The third-order valence-electron chi connectivity index (χ3n) is 9.70. The second kappa shape index (κ2) is 11.7. The molecule has 1 saturated heterocycles. The average Bonchev–Trinajstić information content (AvgIpc) is 3.63. The molecule has 230 valence electrons. The third kappa shape index (κ3) is 5.12. The first-order valence-electron chi connectivity index (χ1n) is 15.6. The summed E-state index contributed by atoms with van der Waals surface area (Å²) in [6.45, 7) is 1.39. The highest BCUT2D eigenvalue weighted by molar-refractivity contribution is 7.14. The lowest BCUT2D eigenvalue weighted by molar-refractivity contribution is -0.129. The summed E-state index contributed by atoms with van der Waals surface area (Å²) < 4.78 is 15.3. The summed E-state index contributed by atoms with van der Waals surface area (Å²) >= 11 is 1.58. The molecule has 4 aliphatic rings. The summed E-state index contributed by atoms with van der Waals surface area (Å²) in [4.78, 5) is 39.3. The number of halogens is 1. The van der Waals surface area contributed by atoms with Gasteiger partial charge in [0, 0.05) is 42.8 Å². The molecule has 2 N–H and O–H groups in total. The van der Waals surface area contributed by atoms with Crippen LogP contribution in [0, 0.1) is 5.82 Å². The Morgan fingerprint density at radius 1 is 1.07 bits per heavy atom. The molecule has 7 rings (SSSR count). The molecule has 2 amide bonds. The van der Waals surface area contributed by atoms with E-state index >= 15 is 4.39 Å². The van der Waals surface area contributed by atoms with Gasteiger partial charge >= 0.3 is 0 Å². The van der Waals surface area contributed by atoms with Crippen molar-refractivity contribution in [3.05, 3.63) is 79.9 Å². The minimum Gasteiger partial charge on any atom is -0.392 e. The topological polar surface area (TPSA) is 89.0 Å². The first-order chi connectivity index (χ1) is 21.3. The van der Waals surface area contributed by atoms with Crippen LogP contribution in [0.5, 0.6) is 0 Å². The summed E-state index contributed by atoms with van der Waals surface area (Å²) in [6, 6.07) is 6.34. The van der Waals surface area contributed by atoms with Gasteiger partial charge in [0.1, 0.15) is 17.7 Å². The highest BCUT2D eigenvalue weighted by Gasteiger charge is 2.35. The molecule has 44 heavy (non-hydrogen) atoms. The first kappa shape index (κ1) is 29.1. The van der Waals surface area contributed by atoms with Gasteiger partial charge in [-0.25, -0.2) is 9.37 Å². The molecule has 2 atom stereocenters.